The van der Waals surface area contributed by atoms with Crippen molar-refractivity contribution in [2.24, 2.45) is 5.92 Å². The standard InChI is InChI=1S/C14H28N2/c1-4-16(11(2)3)10-13-9-12-7-5-6-8-14(12)15-13/h11-15H,4-10H2,1-3H3. The van der Waals surface area contributed by atoms with Gasteiger partial charge >= 0.3 is 0 Å². The van der Waals surface area contributed by atoms with Gasteiger partial charge in [-0.2, -0.15) is 0 Å². The molecule has 2 heteroatoms. The second-order valence-corrected chi connectivity index (χ2v) is 5.93. The molecule has 2 aliphatic rings. The summed E-state index contributed by atoms with van der Waals surface area (Å²) < 4.78 is 0. The Balaban J connectivity index is 1.83. The molecule has 0 spiro atoms. The molecule has 0 radical (unpaired) electrons. The van der Waals surface area contributed by atoms with Gasteiger partial charge in [0, 0.05) is 24.7 Å². The highest BCUT2D eigenvalue weighted by Crippen LogP contribution is 2.33. The molecule has 0 aromatic carbocycles. The van der Waals surface area contributed by atoms with Gasteiger partial charge < -0.3 is 5.32 Å². The van der Waals surface area contributed by atoms with Crippen molar-refractivity contribution >= 4 is 0 Å². The van der Waals surface area contributed by atoms with E-state index in [0.29, 0.717) is 6.04 Å². The van der Waals surface area contributed by atoms with E-state index in [1.165, 1.54) is 45.2 Å². The molecule has 1 aliphatic carbocycles. The highest BCUT2D eigenvalue weighted by atomic mass is 15.2. The minimum atomic E-state index is 0.689. The lowest BCUT2D eigenvalue weighted by Crippen LogP contribution is -2.43. The van der Waals surface area contributed by atoms with Crippen LogP contribution in [0.4, 0.5) is 0 Å². The van der Waals surface area contributed by atoms with E-state index < -0.39 is 0 Å². The van der Waals surface area contributed by atoms with Crippen molar-refractivity contribution in [3.8, 4) is 0 Å². The van der Waals surface area contributed by atoms with Crippen LogP contribution in [0.5, 0.6) is 0 Å². The predicted octanol–water partition coefficient (Wildman–Crippen LogP) is 2.64. The second-order valence-electron chi connectivity index (χ2n) is 5.93. The number of likely N-dealkylation sites (N-methyl/N-ethyl adjacent to an activating group) is 1. The Labute approximate surface area is 101 Å². The van der Waals surface area contributed by atoms with E-state index in [-0.39, 0.29) is 0 Å². The van der Waals surface area contributed by atoms with Gasteiger partial charge in [-0.15, -0.1) is 0 Å². The molecule has 1 saturated carbocycles. The number of rotatable bonds is 4. The fourth-order valence-corrected chi connectivity index (χ4v) is 3.56. The molecule has 1 aliphatic heterocycles. The molecule has 1 heterocycles. The molecule has 1 N–H and O–H groups in total. The summed E-state index contributed by atoms with van der Waals surface area (Å²) >= 11 is 0. The maximum absolute atomic E-state index is 3.87. The van der Waals surface area contributed by atoms with Gasteiger partial charge in [0.2, 0.25) is 0 Å². The van der Waals surface area contributed by atoms with Gasteiger partial charge in [0.25, 0.3) is 0 Å². The average Bonchev–Trinajstić information content (AvgIpc) is 2.67. The zero-order valence-corrected chi connectivity index (χ0v) is 11.2. The van der Waals surface area contributed by atoms with E-state index in [1.807, 2.05) is 0 Å². The second kappa shape index (κ2) is 5.50. The van der Waals surface area contributed by atoms with Gasteiger partial charge in [0.1, 0.15) is 0 Å². The molecule has 0 aromatic rings. The maximum atomic E-state index is 3.87. The monoisotopic (exact) mass is 224 g/mol. The lowest BCUT2D eigenvalue weighted by Gasteiger charge is -2.28. The van der Waals surface area contributed by atoms with Crippen molar-refractivity contribution in [1.29, 1.82) is 0 Å². The SMILES string of the molecule is CCN(CC1CC2CCCCC2N1)C(C)C. The fourth-order valence-electron chi connectivity index (χ4n) is 3.56. The van der Waals surface area contributed by atoms with Crippen molar-refractivity contribution < 1.29 is 0 Å². The van der Waals surface area contributed by atoms with Gasteiger partial charge in [0.05, 0.1) is 0 Å². The molecule has 2 fully saturated rings. The van der Waals surface area contributed by atoms with Crippen molar-refractivity contribution in [1.82, 2.24) is 10.2 Å². The molecule has 0 aromatic heterocycles. The zero-order chi connectivity index (χ0) is 11.5. The minimum absolute atomic E-state index is 0.689. The van der Waals surface area contributed by atoms with Crippen LogP contribution in [0.2, 0.25) is 0 Å². The van der Waals surface area contributed by atoms with E-state index in [0.717, 1.165) is 18.0 Å². The third-order valence-corrected chi connectivity index (χ3v) is 4.54. The Kier molecular flexibility index (Phi) is 4.26. The summed E-state index contributed by atoms with van der Waals surface area (Å²) in [6.45, 7) is 9.34. The molecular weight excluding hydrogens is 196 g/mol. The van der Waals surface area contributed by atoms with Gasteiger partial charge in [-0.3, -0.25) is 4.90 Å². The number of hydrogen-bond acceptors (Lipinski definition) is 2. The average molecular weight is 224 g/mol. The third kappa shape index (κ3) is 2.78. The first-order valence-corrected chi connectivity index (χ1v) is 7.20. The van der Waals surface area contributed by atoms with Crippen molar-refractivity contribution in [2.75, 3.05) is 13.1 Å². The van der Waals surface area contributed by atoms with Crippen molar-refractivity contribution in [3.63, 3.8) is 0 Å². The van der Waals surface area contributed by atoms with Crippen LogP contribution in [-0.4, -0.2) is 36.1 Å². The third-order valence-electron chi connectivity index (χ3n) is 4.54. The summed E-state index contributed by atoms with van der Waals surface area (Å²) in [6, 6.07) is 2.30. The Morgan fingerprint density at radius 1 is 1.25 bits per heavy atom. The molecule has 3 atom stereocenters. The quantitative estimate of drug-likeness (QED) is 0.790. The van der Waals surface area contributed by atoms with Gasteiger partial charge in [-0.1, -0.05) is 19.8 Å². The minimum Gasteiger partial charge on any atom is -0.310 e. The lowest BCUT2D eigenvalue weighted by molar-refractivity contribution is 0.211. The van der Waals surface area contributed by atoms with Gasteiger partial charge in [-0.05, 0) is 45.6 Å². The normalized spacial score (nSPS) is 34.7. The van der Waals surface area contributed by atoms with Crippen LogP contribution < -0.4 is 5.32 Å². The first kappa shape index (κ1) is 12.4. The Morgan fingerprint density at radius 3 is 2.62 bits per heavy atom. The first-order chi connectivity index (χ1) is 7.70. The van der Waals surface area contributed by atoms with Crippen molar-refractivity contribution in [3.05, 3.63) is 0 Å². The summed E-state index contributed by atoms with van der Waals surface area (Å²) in [5.74, 6) is 0.990. The molecule has 2 nitrogen and oxygen atoms in total. The first-order valence-electron chi connectivity index (χ1n) is 7.20. The molecular formula is C14H28N2. The summed E-state index contributed by atoms with van der Waals surface area (Å²) in [5, 5.41) is 3.87. The summed E-state index contributed by atoms with van der Waals surface area (Å²) in [5.41, 5.74) is 0. The molecule has 3 unspecified atom stereocenters. The van der Waals surface area contributed by atoms with Crippen LogP contribution in [0.1, 0.15) is 52.9 Å². The Hall–Kier alpha value is -0.0800. The number of nitrogens with one attached hydrogen (secondary N) is 1. The topological polar surface area (TPSA) is 15.3 Å². The smallest absolute Gasteiger partial charge is 0.0201 e. The van der Waals surface area contributed by atoms with Crippen LogP contribution >= 0.6 is 0 Å². The maximum Gasteiger partial charge on any atom is 0.0201 e. The van der Waals surface area contributed by atoms with E-state index in [4.69, 9.17) is 0 Å². The molecule has 1 saturated heterocycles. The summed E-state index contributed by atoms with van der Waals surface area (Å²) in [4.78, 5) is 2.59. The van der Waals surface area contributed by atoms with E-state index in [9.17, 15) is 0 Å². The van der Waals surface area contributed by atoms with Crippen LogP contribution in [0.3, 0.4) is 0 Å². The predicted molar refractivity (Wildman–Crippen MR) is 69.7 cm³/mol. The van der Waals surface area contributed by atoms with Crippen LogP contribution in [0.25, 0.3) is 0 Å². The molecule has 94 valence electrons. The van der Waals surface area contributed by atoms with E-state index in [2.05, 4.69) is 31.0 Å². The van der Waals surface area contributed by atoms with Crippen molar-refractivity contribution in [2.45, 2.75) is 71.0 Å². The highest BCUT2D eigenvalue weighted by molar-refractivity contribution is 4.94. The van der Waals surface area contributed by atoms with E-state index >= 15 is 0 Å². The Morgan fingerprint density at radius 2 is 2.00 bits per heavy atom. The van der Waals surface area contributed by atoms with Gasteiger partial charge in [0.15, 0.2) is 0 Å². The lowest BCUT2D eigenvalue weighted by atomic mass is 9.85. The number of fused-ring (bicyclic) bond motifs is 1. The summed E-state index contributed by atoms with van der Waals surface area (Å²) in [6.07, 6.45) is 7.24. The number of nitrogens with zero attached hydrogens (tertiary/aromatic N) is 1. The molecule has 16 heavy (non-hydrogen) atoms. The molecule has 2 rings (SSSR count). The van der Waals surface area contributed by atoms with Crippen LogP contribution in [0.15, 0.2) is 0 Å². The largest absolute Gasteiger partial charge is 0.310 e. The van der Waals surface area contributed by atoms with E-state index in [1.54, 1.807) is 0 Å². The fraction of sp³-hybridized carbons (Fsp3) is 1.00. The Bertz CT molecular complexity index is 201. The van der Waals surface area contributed by atoms with Crippen LogP contribution in [-0.2, 0) is 0 Å². The summed E-state index contributed by atoms with van der Waals surface area (Å²) in [7, 11) is 0. The van der Waals surface area contributed by atoms with Gasteiger partial charge in [-0.25, -0.2) is 0 Å². The zero-order valence-electron chi connectivity index (χ0n) is 11.2. The highest BCUT2D eigenvalue weighted by Gasteiger charge is 2.35. The number of hydrogen-bond donors (Lipinski definition) is 1. The van der Waals surface area contributed by atoms with Crippen LogP contribution in [0, 0.1) is 5.92 Å². The molecule has 0 bridgehead atoms. The molecule has 0 amide bonds.